The lowest BCUT2D eigenvalue weighted by atomic mass is 10.0. The molecule has 3 nitrogen and oxygen atoms in total. The van der Waals surface area contributed by atoms with Gasteiger partial charge in [0.15, 0.2) is 0 Å². The Kier molecular flexibility index (Phi) is 7.81. The minimum Gasteiger partial charge on any atom is -0.426 e. The van der Waals surface area contributed by atoms with Gasteiger partial charge in [-0.15, -0.1) is 13.2 Å². The highest BCUT2D eigenvalue weighted by atomic mass is 28.3. The summed E-state index contributed by atoms with van der Waals surface area (Å²) in [6, 6.07) is 19.1. The predicted octanol–water partition coefficient (Wildman–Crippen LogP) is 6.45. The summed E-state index contributed by atoms with van der Waals surface area (Å²) in [6.07, 6.45) is 0.538. The van der Waals surface area contributed by atoms with E-state index in [0.717, 1.165) is 37.1 Å². The lowest BCUT2D eigenvalue weighted by molar-refractivity contribution is -0.274. The molecule has 1 heterocycles. The van der Waals surface area contributed by atoms with E-state index in [1.54, 1.807) is 0 Å². The Bertz CT molecular complexity index is 829. The van der Waals surface area contributed by atoms with Crippen molar-refractivity contribution < 1.29 is 27.4 Å². The van der Waals surface area contributed by atoms with Gasteiger partial charge in [0.2, 0.25) is 0 Å². The molecule has 2 aromatic rings. The van der Waals surface area contributed by atoms with Gasteiger partial charge < -0.3 is 9.47 Å². The molecule has 0 aliphatic carbocycles. The van der Waals surface area contributed by atoms with Crippen LogP contribution in [0.25, 0.3) is 0 Å². The summed E-state index contributed by atoms with van der Waals surface area (Å²) < 4.78 is 46.1. The highest BCUT2D eigenvalue weighted by Crippen LogP contribution is 2.37. The van der Waals surface area contributed by atoms with Crippen LogP contribution in [0.3, 0.4) is 0 Å². The van der Waals surface area contributed by atoms with Crippen LogP contribution in [0.2, 0.25) is 18.1 Å². The van der Waals surface area contributed by atoms with Crippen LogP contribution in [0.1, 0.15) is 39.0 Å². The number of unbranched alkanes of at least 4 members (excludes halogenated alkanes) is 2. The molecule has 1 aliphatic rings. The van der Waals surface area contributed by atoms with Gasteiger partial charge in [0, 0.05) is 0 Å². The van der Waals surface area contributed by atoms with Crippen molar-refractivity contribution in [2.75, 3.05) is 0 Å². The van der Waals surface area contributed by atoms with Gasteiger partial charge in [0.25, 0.3) is 0 Å². The Morgan fingerprint density at radius 1 is 0.968 bits per heavy atom. The lowest BCUT2D eigenvalue weighted by Crippen LogP contribution is -2.50. The van der Waals surface area contributed by atoms with E-state index in [4.69, 9.17) is 4.74 Å². The van der Waals surface area contributed by atoms with Crippen LogP contribution in [0.4, 0.5) is 13.2 Å². The number of esters is 1. The Hall–Kier alpha value is -2.28. The van der Waals surface area contributed by atoms with Crippen LogP contribution < -0.4 is 14.7 Å². The second kappa shape index (κ2) is 10.4. The van der Waals surface area contributed by atoms with Crippen LogP contribution >= 0.6 is 0 Å². The van der Waals surface area contributed by atoms with E-state index in [1.165, 1.54) is 42.6 Å². The molecule has 1 aliphatic heterocycles. The predicted molar refractivity (Wildman–Crippen MR) is 117 cm³/mol. The van der Waals surface area contributed by atoms with Crippen LogP contribution in [-0.2, 0) is 4.79 Å². The number of carbonyl (C=O) groups excluding carboxylic acids is 1. The van der Waals surface area contributed by atoms with Gasteiger partial charge in [0.05, 0.1) is 14.0 Å². The average molecular weight is 451 g/mol. The number of alkyl halides is 3. The SMILES string of the molecule is CCCCC[Si]1(c2ccccc2)CCC(C(=O)Oc2ccc(OC(F)(F)F)cc2)CC1. The van der Waals surface area contributed by atoms with Crippen LogP contribution in [0.5, 0.6) is 11.5 Å². The molecule has 0 bridgehead atoms. The molecule has 3 rings (SSSR count). The topological polar surface area (TPSA) is 35.5 Å². The van der Waals surface area contributed by atoms with E-state index >= 15 is 0 Å². The van der Waals surface area contributed by atoms with Crippen LogP contribution in [-0.4, -0.2) is 20.4 Å². The lowest BCUT2D eigenvalue weighted by Gasteiger charge is -2.38. The Labute approximate surface area is 182 Å². The van der Waals surface area contributed by atoms with Gasteiger partial charge >= 0.3 is 12.3 Å². The number of hydrogen-bond donors (Lipinski definition) is 0. The molecule has 168 valence electrons. The molecule has 31 heavy (non-hydrogen) atoms. The van der Waals surface area contributed by atoms with Gasteiger partial charge in [-0.3, -0.25) is 4.79 Å². The third-order valence-corrected chi connectivity index (χ3v) is 11.6. The molecule has 0 saturated carbocycles. The maximum Gasteiger partial charge on any atom is 0.573 e. The van der Waals surface area contributed by atoms with Crippen molar-refractivity contribution >= 4 is 19.2 Å². The van der Waals surface area contributed by atoms with E-state index in [9.17, 15) is 18.0 Å². The summed E-state index contributed by atoms with van der Waals surface area (Å²) in [4.78, 5) is 12.7. The van der Waals surface area contributed by atoms with Gasteiger partial charge in [0.1, 0.15) is 11.5 Å². The van der Waals surface area contributed by atoms with Crippen molar-refractivity contribution in [1.29, 1.82) is 0 Å². The molecule has 0 N–H and O–H groups in total. The van der Waals surface area contributed by atoms with Gasteiger partial charge in [-0.25, -0.2) is 0 Å². The molecule has 7 heteroatoms. The van der Waals surface area contributed by atoms with E-state index in [-0.39, 0.29) is 23.4 Å². The second-order valence-electron chi connectivity index (χ2n) is 8.32. The second-order valence-corrected chi connectivity index (χ2v) is 13.0. The molecule has 2 aromatic carbocycles. The first-order chi connectivity index (χ1) is 14.8. The van der Waals surface area contributed by atoms with Crippen LogP contribution in [0.15, 0.2) is 54.6 Å². The van der Waals surface area contributed by atoms with Crippen molar-refractivity contribution in [3.05, 3.63) is 54.6 Å². The third-order valence-electron chi connectivity index (χ3n) is 6.20. The minimum atomic E-state index is -4.74. The number of rotatable bonds is 8. The fourth-order valence-electron chi connectivity index (χ4n) is 4.50. The standard InChI is InChI=1S/C24H29F3O3Si/c1-2-3-7-16-31(22-8-5-4-6-9-22)17-14-19(15-18-31)23(28)29-20-10-12-21(13-11-20)30-24(25,26)27/h4-6,8-13,19H,2-3,7,14-18H2,1H3. The maximum atomic E-state index is 12.7. The Morgan fingerprint density at radius 3 is 2.16 bits per heavy atom. The molecule has 0 unspecified atom stereocenters. The number of halogens is 3. The molecule has 1 fully saturated rings. The zero-order valence-electron chi connectivity index (χ0n) is 17.8. The largest absolute Gasteiger partial charge is 0.573 e. The summed E-state index contributed by atoms with van der Waals surface area (Å²) in [5.41, 5.74) is 0. The van der Waals surface area contributed by atoms with Crippen molar-refractivity contribution in [2.24, 2.45) is 5.92 Å². The first kappa shape index (κ1) is 23.4. The smallest absolute Gasteiger partial charge is 0.426 e. The number of ether oxygens (including phenoxy) is 2. The fourth-order valence-corrected chi connectivity index (χ4v) is 9.75. The molecule has 0 amide bonds. The van der Waals surface area contributed by atoms with E-state index in [0.29, 0.717) is 0 Å². The normalized spacial score (nSPS) is 21.5. The maximum absolute atomic E-state index is 12.7. The molecular formula is C24H29F3O3Si. The molecule has 0 aromatic heterocycles. The highest BCUT2D eigenvalue weighted by Gasteiger charge is 2.40. The van der Waals surface area contributed by atoms with Crippen LogP contribution in [0, 0.1) is 5.92 Å². The molecular weight excluding hydrogens is 421 g/mol. The summed E-state index contributed by atoms with van der Waals surface area (Å²) in [6.45, 7) is 2.21. The highest BCUT2D eigenvalue weighted by molar-refractivity contribution is 6.92. The first-order valence-corrected chi connectivity index (χ1v) is 13.6. The number of carbonyl (C=O) groups is 1. The van der Waals surface area contributed by atoms with Gasteiger partial charge in [-0.2, -0.15) is 0 Å². The van der Waals surface area contributed by atoms with Crippen molar-refractivity contribution in [2.45, 2.75) is 63.5 Å². The summed E-state index contributed by atoms with van der Waals surface area (Å²) in [5.74, 6) is -0.564. The minimum absolute atomic E-state index is 0.165. The van der Waals surface area contributed by atoms with E-state index in [1.807, 2.05) is 6.07 Å². The first-order valence-electron chi connectivity index (χ1n) is 10.9. The summed E-state index contributed by atoms with van der Waals surface area (Å²) >= 11 is 0. The summed E-state index contributed by atoms with van der Waals surface area (Å²) in [5, 5.41) is 1.48. The van der Waals surface area contributed by atoms with Crippen molar-refractivity contribution in [1.82, 2.24) is 0 Å². The molecule has 1 saturated heterocycles. The number of hydrogen-bond acceptors (Lipinski definition) is 3. The summed E-state index contributed by atoms with van der Waals surface area (Å²) in [7, 11) is -1.64. The van der Waals surface area contributed by atoms with Crippen molar-refractivity contribution in [3.8, 4) is 11.5 Å². The van der Waals surface area contributed by atoms with E-state index in [2.05, 4.69) is 35.9 Å². The third kappa shape index (κ3) is 6.60. The Balaban J connectivity index is 1.60. The fraction of sp³-hybridized carbons (Fsp3) is 0.458. The quantitative estimate of drug-likeness (QED) is 0.201. The Morgan fingerprint density at radius 2 is 1.58 bits per heavy atom. The zero-order chi connectivity index (χ0) is 22.3. The monoisotopic (exact) mass is 450 g/mol. The van der Waals surface area contributed by atoms with Gasteiger partial charge in [-0.05, 0) is 37.1 Å². The molecule has 0 radical (unpaired) electrons. The molecule has 0 atom stereocenters. The average Bonchev–Trinajstić information content (AvgIpc) is 2.75. The van der Waals surface area contributed by atoms with E-state index < -0.39 is 14.4 Å². The molecule has 0 spiro atoms. The van der Waals surface area contributed by atoms with Crippen molar-refractivity contribution in [3.63, 3.8) is 0 Å². The number of benzene rings is 2. The van der Waals surface area contributed by atoms with Gasteiger partial charge in [-0.1, -0.05) is 79.8 Å². The zero-order valence-corrected chi connectivity index (χ0v) is 18.8.